The highest BCUT2D eigenvalue weighted by atomic mass is 19.1. The molecular weight excluding hydrogens is 441 g/mol. The van der Waals surface area contributed by atoms with Crippen molar-refractivity contribution in [3.63, 3.8) is 0 Å². The van der Waals surface area contributed by atoms with Crippen LogP contribution in [0.4, 0.5) is 4.39 Å². The molecule has 6 rings (SSSR count). The second kappa shape index (κ2) is 8.33. The Balaban J connectivity index is 1.69. The summed E-state index contributed by atoms with van der Waals surface area (Å²) in [4.78, 5) is 0. The molecule has 3 heterocycles. The summed E-state index contributed by atoms with van der Waals surface area (Å²) in [5, 5.41) is 20.0. The molecule has 2 aromatic heterocycles. The van der Waals surface area contributed by atoms with Crippen LogP contribution in [-0.4, -0.2) is 33.1 Å². The van der Waals surface area contributed by atoms with Crippen LogP contribution in [0.3, 0.4) is 0 Å². The summed E-state index contributed by atoms with van der Waals surface area (Å²) in [6.07, 6.45) is 3.68. The summed E-state index contributed by atoms with van der Waals surface area (Å²) in [6.45, 7) is 5.03. The van der Waals surface area contributed by atoms with E-state index in [9.17, 15) is 9.50 Å². The Morgan fingerprint density at radius 1 is 1.03 bits per heavy atom. The predicted octanol–water partition coefficient (Wildman–Crippen LogP) is 6.43. The molecular formula is C29H28FN3O2. The minimum absolute atomic E-state index is 0.252. The molecule has 1 saturated heterocycles. The predicted molar refractivity (Wildman–Crippen MR) is 136 cm³/mol. The second-order valence-corrected chi connectivity index (χ2v) is 9.92. The van der Waals surface area contributed by atoms with Gasteiger partial charge in [0.1, 0.15) is 5.82 Å². The van der Waals surface area contributed by atoms with Crippen LogP contribution < -0.4 is 0 Å². The van der Waals surface area contributed by atoms with Gasteiger partial charge in [0.25, 0.3) is 0 Å². The molecule has 0 saturated carbocycles. The Kier molecular flexibility index (Phi) is 5.24. The molecule has 1 aliphatic heterocycles. The Labute approximate surface area is 203 Å². The van der Waals surface area contributed by atoms with Crippen LogP contribution >= 0.6 is 0 Å². The van der Waals surface area contributed by atoms with Crippen LogP contribution in [-0.2, 0) is 10.3 Å². The normalized spacial score (nSPS) is 15.3. The average molecular weight is 470 g/mol. The van der Waals surface area contributed by atoms with Crippen LogP contribution in [0.25, 0.3) is 38.6 Å². The number of aliphatic hydroxyl groups is 1. The molecule has 0 radical (unpaired) electrons. The van der Waals surface area contributed by atoms with Crippen molar-refractivity contribution in [2.75, 3.05) is 13.2 Å². The van der Waals surface area contributed by atoms with E-state index >= 15 is 0 Å². The van der Waals surface area contributed by atoms with E-state index < -0.39 is 5.60 Å². The standard InChI is InChI=1S/C29H28FN3O2/c1-29(2,34)21-5-3-18(4-6-21)27-24-16-25-20(17-31-32-25)15-26(24)33(23-9-7-22(30)8-10-23)28(27)19-11-13-35-14-12-19/h3-10,15-17,19,34H,11-14H2,1-2H3,(H,31,32). The van der Waals surface area contributed by atoms with Gasteiger partial charge >= 0.3 is 0 Å². The lowest BCUT2D eigenvalue weighted by molar-refractivity contribution is 0.0786. The number of nitrogens with zero attached hydrogens (tertiary/aromatic N) is 2. The number of hydrogen-bond donors (Lipinski definition) is 2. The lowest BCUT2D eigenvalue weighted by Crippen LogP contribution is -2.17. The topological polar surface area (TPSA) is 63.1 Å². The van der Waals surface area contributed by atoms with Gasteiger partial charge < -0.3 is 14.4 Å². The summed E-state index contributed by atoms with van der Waals surface area (Å²) < 4.78 is 21.9. The summed E-state index contributed by atoms with van der Waals surface area (Å²) in [6, 6.07) is 19.2. The maximum Gasteiger partial charge on any atom is 0.123 e. The molecule has 1 aliphatic rings. The first-order valence-corrected chi connectivity index (χ1v) is 12.1. The number of fused-ring (bicyclic) bond motifs is 2. The smallest absolute Gasteiger partial charge is 0.123 e. The number of aromatic amines is 1. The molecule has 6 heteroatoms. The molecule has 1 fully saturated rings. The summed E-state index contributed by atoms with van der Waals surface area (Å²) in [5.41, 5.74) is 6.39. The van der Waals surface area contributed by atoms with Crippen LogP contribution in [0.15, 0.2) is 66.9 Å². The zero-order valence-electron chi connectivity index (χ0n) is 19.9. The van der Waals surface area contributed by atoms with Crippen molar-refractivity contribution in [3.05, 3.63) is 83.9 Å². The first-order chi connectivity index (χ1) is 16.9. The summed E-state index contributed by atoms with van der Waals surface area (Å²) in [7, 11) is 0. The molecule has 0 bridgehead atoms. The number of hydrogen-bond acceptors (Lipinski definition) is 3. The van der Waals surface area contributed by atoms with Crippen LogP contribution in [0.1, 0.15) is 43.9 Å². The van der Waals surface area contributed by atoms with Gasteiger partial charge in [0.15, 0.2) is 0 Å². The lowest BCUT2D eigenvalue weighted by Gasteiger charge is -2.26. The Morgan fingerprint density at radius 3 is 2.43 bits per heavy atom. The fourth-order valence-electron chi connectivity index (χ4n) is 5.32. The van der Waals surface area contributed by atoms with Crippen molar-refractivity contribution >= 4 is 21.8 Å². The highest BCUT2D eigenvalue weighted by molar-refractivity contribution is 6.05. The Morgan fingerprint density at radius 2 is 1.74 bits per heavy atom. The van der Waals surface area contributed by atoms with Crippen molar-refractivity contribution in [2.24, 2.45) is 0 Å². The third-order valence-electron chi connectivity index (χ3n) is 7.14. The van der Waals surface area contributed by atoms with Gasteiger partial charge in [0, 0.05) is 46.8 Å². The van der Waals surface area contributed by atoms with Crippen LogP contribution in [0, 0.1) is 5.82 Å². The Hall–Kier alpha value is -3.48. The van der Waals surface area contributed by atoms with E-state index in [1.807, 2.05) is 30.5 Å². The van der Waals surface area contributed by atoms with Gasteiger partial charge in [-0.3, -0.25) is 5.10 Å². The minimum Gasteiger partial charge on any atom is -0.386 e. The highest BCUT2D eigenvalue weighted by Gasteiger charge is 2.28. The first kappa shape index (κ1) is 22.0. The summed E-state index contributed by atoms with van der Waals surface area (Å²) in [5.74, 6) is 0.0408. The van der Waals surface area contributed by atoms with Gasteiger partial charge in [0.05, 0.1) is 22.8 Å². The molecule has 0 amide bonds. The molecule has 2 N–H and O–H groups in total. The number of ether oxygens (including phenoxy) is 1. The maximum atomic E-state index is 13.9. The second-order valence-electron chi connectivity index (χ2n) is 9.92. The molecule has 35 heavy (non-hydrogen) atoms. The SMILES string of the molecule is CC(C)(O)c1ccc(-c2c(C3CCOCC3)n(-c3ccc(F)cc3)c3cc4cn[nH]c4cc23)cc1. The number of rotatable bonds is 4. The monoisotopic (exact) mass is 469 g/mol. The molecule has 0 unspecified atom stereocenters. The van der Waals surface area contributed by atoms with Crippen molar-refractivity contribution in [2.45, 2.75) is 38.2 Å². The third kappa shape index (κ3) is 3.83. The van der Waals surface area contributed by atoms with E-state index in [2.05, 4.69) is 39.0 Å². The molecule has 5 aromatic rings. The maximum absolute atomic E-state index is 13.9. The molecule has 5 nitrogen and oxygen atoms in total. The third-order valence-corrected chi connectivity index (χ3v) is 7.14. The minimum atomic E-state index is -0.910. The van der Waals surface area contributed by atoms with E-state index in [0.717, 1.165) is 70.2 Å². The van der Waals surface area contributed by atoms with E-state index in [1.54, 1.807) is 13.8 Å². The van der Waals surface area contributed by atoms with Gasteiger partial charge in [-0.05, 0) is 74.2 Å². The fraction of sp³-hybridized carbons (Fsp3) is 0.276. The largest absolute Gasteiger partial charge is 0.386 e. The fourth-order valence-corrected chi connectivity index (χ4v) is 5.32. The van der Waals surface area contributed by atoms with E-state index in [-0.39, 0.29) is 5.82 Å². The first-order valence-electron chi connectivity index (χ1n) is 12.1. The molecule has 178 valence electrons. The van der Waals surface area contributed by atoms with Gasteiger partial charge in [-0.1, -0.05) is 24.3 Å². The highest BCUT2D eigenvalue weighted by Crippen LogP contribution is 2.44. The number of aromatic nitrogens is 3. The van der Waals surface area contributed by atoms with E-state index in [4.69, 9.17) is 4.74 Å². The van der Waals surface area contributed by atoms with Gasteiger partial charge in [-0.15, -0.1) is 0 Å². The van der Waals surface area contributed by atoms with E-state index in [0.29, 0.717) is 5.92 Å². The average Bonchev–Trinajstić information content (AvgIpc) is 3.45. The number of benzene rings is 3. The zero-order valence-corrected chi connectivity index (χ0v) is 19.9. The Bertz CT molecular complexity index is 1500. The zero-order chi connectivity index (χ0) is 24.2. The van der Waals surface area contributed by atoms with Crippen molar-refractivity contribution in [1.82, 2.24) is 14.8 Å². The lowest BCUT2D eigenvalue weighted by atomic mass is 9.88. The molecule has 0 spiro atoms. The number of nitrogens with one attached hydrogen (secondary N) is 1. The van der Waals surface area contributed by atoms with Gasteiger partial charge in [-0.2, -0.15) is 5.10 Å². The summed E-state index contributed by atoms with van der Waals surface area (Å²) >= 11 is 0. The van der Waals surface area contributed by atoms with Crippen molar-refractivity contribution < 1.29 is 14.2 Å². The van der Waals surface area contributed by atoms with Crippen LogP contribution in [0.2, 0.25) is 0 Å². The molecule has 0 atom stereocenters. The van der Waals surface area contributed by atoms with Crippen LogP contribution in [0.5, 0.6) is 0 Å². The number of halogens is 1. The van der Waals surface area contributed by atoms with Gasteiger partial charge in [0.2, 0.25) is 0 Å². The quantitative estimate of drug-likeness (QED) is 0.319. The van der Waals surface area contributed by atoms with Crippen molar-refractivity contribution in [1.29, 1.82) is 0 Å². The molecule has 0 aliphatic carbocycles. The molecule has 3 aromatic carbocycles. The van der Waals surface area contributed by atoms with E-state index in [1.165, 1.54) is 17.8 Å². The van der Waals surface area contributed by atoms with Gasteiger partial charge in [-0.25, -0.2) is 4.39 Å². The number of H-pyrrole nitrogens is 1. The van der Waals surface area contributed by atoms with Crippen molar-refractivity contribution in [3.8, 4) is 16.8 Å².